The number of para-hydroxylation sites is 1. The van der Waals surface area contributed by atoms with Gasteiger partial charge in [-0.1, -0.05) is 23.8 Å². The van der Waals surface area contributed by atoms with Crippen molar-refractivity contribution in [2.45, 2.75) is 0 Å². The van der Waals surface area contributed by atoms with Crippen LogP contribution in [0, 0.1) is 0 Å². The van der Waals surface area contributed by atoms with E-state index in [0.717, 1.165) is 28.0 Å². The van der Waals surface area contributed by atoms with Gasteiger partial charge in [0.1, 0.15) is 5.82 Å². The number of nitrogens with zero attached hydrogens (tertiary/aromatic N) is 2. The van der Waals surface area contributed by atoms with Crippen LogP contribution in [0.2, 0.25) is 0 Å². The van der Waals surface area contributed by atoms with Crippen molar-refractivity contribution >= 4 is 16.6 Å². The number of hydrogen-bond donors (Lipinski definition) is 1. The van der Waals surface area contributed by atoms with E-state index in [0.29, 0.717) is 0 Å². The van der Waals surface area contributed by atoms with Crippen LogP contribution in [0.3, 0.4) is 0 Å². The molecule has 1 heterocycles. The summed E-state index contributed by atoms with van der Waals surface area (Å²) in [6.07, 6.45) is 1.83. The van der Waals surface area contributed by atoms with Crippen LogP contribution in [-0.2, 0) is 17.1 Å². The molecule has 22 heavy (non-hydrogen) atoms. The van der Waals surface area contributed by atoms with E-state index in [2.05, 4.69) is 9.97 Å². The molecule has 0 amide bonds. The van der Waals surface area contributed by atoms with Crippen LogP contribution in [0.4, 0.5) is 5.69 Å². The SMILES string of the molecule is Nc1cc[c-](-c2ncc3ccccc3n2)c1.[Fe+2].c1cc[cH-]c1. The Balaban J connectivity index is 0.000000253. The summed E-state index contributed by atoms with van der Waals surface area (Å²) in [6.45, 7) is 0. The molecule has 0 unspecified atom stereocenters. The molecule has 0 aliphatic heterocycles. The van der Waals surface area contributed by atoms with Gasteiger partial charge in [0.25, 0.3) is 0 Å². The molecule has 110 valence electrons. The summed E-state index contributed by atoms with van der Waals surface area (Å²) in [5.41, 5.74) is 8.33. The van der Waals surface area contributed by atoms with Gasteiger partial charge in [-0.15, -0.1) is 5.69 Å². The summed E-state index contributed by atoms with van der Waals surface area (Å²) in [5, 5.41) is 1.05. The molecule has 4 aromatic rings. The van der Waals surface area contributed by atoms with E-state index < -0.39 is 0 Å². The van der Waals surface area contributed by atoms with E-state index in [1.165, 1.54) is 0 Å². The molecule has 4 heteroatoms. The first-order valence-electron chi connectivity index (χ1n) is 6.74. The van der Waals surface area contributed by atoms with Gasteiger partial charge in [-0.3, -0.25) is 0 Å². The van der Waals surface area contributed by atoms with Crippen molar-refractivity contribution in [1.82, 2.24) is 9.97 Å². The zero-order chi connectivity index (χ0) is 14.5. The van der Waals surface area contributed by atoms with E-state index in [-0.39, 0.29) is 17.1 Å². The number of rotatable bonds is 1. The first kappa shape index (κ1) is 16.0. The van der Waals surface area contributed by atoms with Gasteiger partial charge in [-0.25, -0.2) is 22.1 Å². The summed E-state index contributed by atoms with van der Waals surface area (Å²) in [5.74, 6) is 0.718. The Kier molecular flexibility index (Phi) is 5.48. The Morgan fingerprint density at radius 2 is 1.77 bits per heavy atom. The molecular formula is C18H15FeN3. The van der Waals surface area contributed by atoms with Crippen LogP contribution in [0.1, 0.15) is 0 Å². The topological polar surface area (TPSA) is 51.8 Å². The van der Waals surface area contributed by atoms with Gasteiger partial charge in [0.05, 0.1) is 5.52 Å². The Labute approximate surface area is 140 Å². The predicted octanol–water partition coefficient (Wildman–Crippen LogP) is 4.00. The van der Waals surface area contributed by atoms with E-state index in [1.54, 1.807) is 0 Å². The third-order valence-electron chi connectivity index (χ3n) is 3.08. The van der Waals surface area contributed by atoms with Crippen molar-refractivity contribution in [3.63, 3.8) is 0 Å². The Bertz CT molecular complexity index is 802. The fourth-order valence-corrected chi connectivity index (χ4v) is 2.03. The number of nitrogen functional groups attached to an aromatic ring is 1. The van der Waals surface area contributed by atoms with Gasteiger partial charge in [-0.2, -0.15) is 36.4 Å². The first-order chi connectivity index (χ1) is 10.3. The smallest absolute Gasteiger partial charge is 0.459 e. The van der Waals surface area contributed by atoms with E-state index in [1.807, 2.05) is 79.0 Å². The van der Waals surface area contributed by atoms with Gasteiger partial charge in [-0.05, 0) is 6.07 Å². The standard InChI is InChI=1S/C13H10N3.C5H5.Fe/c14-11-6-5-9(7-11)13-15-8-10-3-1-2-4-12(10)16-13;1-2-4-5-3-1;/h1-8H,14H2;1-5H;/q2*-1;+2. The number of fused-ring (bicyclic) bond motifs is 1. The van der Waals surface area contributed by atoms with Crippen molar-refractivity contribution in [2.24, 2.45) is 0 Å². The maximum atomic E-state index is 5.67. The molecular weight excluding hydrogens is 314 g/mol. The molecule has 2 N–H and O–H groups in total. The van der Waals surface area contributed by atoms with Gasteiger partial charge >= 0.3 is 17.1 Å². The summed E-state index contributed by atoms with van der Waals surface area (Å²) in [7, 11) is 0. The van der Waals surface area contributed by atoms with Gasteiger partial charge in [0.15, 0.2) is 0 Å². The zero-order valence-electron chi connectivity index (χ0n) is 11.8. The number of anilines is 1. The van der Waals surface area contributed by atoms with Crippen molar-refractivity contribution in [1.29, 1.82) is 0 Å². The quantitative estimate of drug-likeness (QED) is 0.424. The minimum Gasteiger partial charge on any atom is -0.459 e. The fourth-order valence-electron chi connectivity index (χ4n) is 2.03. The van der Waals surface area contributed by atoms with Crippen molar-refractivity contribution in [3.8, 4) is 11.4 Å². The third-order valence-corrected chi connectivity index (χ3v) is 3.08. The summed E-state index contributed by atoms with van der Waals surface area (Å²) in [6, 6.07) is 23.6. The zero-order valence-corrected chi connectivity index (χ0v) is 12.9. The Hall–Kier alpha value is -2.42. The van der Waals surface area contributed by atoms with Crippen LogP contribution in [0.25, 0.3) is 22.3 Å². The van der Waals surface area contributed by atoms with Crippen LogP contribution in [-0.4, -0.2) is 9.97 Å². The number of aromatic nitrogens is 2. The summed E-state index contributed by atoms with van der Waals surface area (Å²) in [4.78, 5) is 8.82. The first-order valence-corrected chi connectivity index (χ1v) is 6.74. The van der Waals surface area contributed by atoms with Crippen LogP contribution < -0.4 is 5.73 Å². The van der Waals surface area contributed by atoms with Crippen molar-refractivity contribution in [3.05, 3.63) is 79.0 Å². The largest absolute Gasteiger partial charge is 2.00 e. The van der Waals surface area contributed by atoms with Crippen LogP contribution in [0.15, 0.2) is 79.0 Å². The summed E-state index contributed by atoms with van der Waals surface area (Å²) >= 11 is 0. The molecule has 4 rings (SSSR count). The number of benzene rings is 1. The molecule has 0 aliphatic carbocycles. The maximum absolute atomic E-state index is 5.67. The molecule has 0 aliphatic rings. The minimum atomic E-state index is 0. The van der Waals surface area contributed by atoms with Gasteiger partial charge in [0, 0.05) is 11.6 Å². The second-order valence-corrected chi connectivity index (χ2v) is 4.65. The minimum absolute atomic E-state index is 0. The number of hydrogen-bond acceptors (Lipinski definition) is 3. The van der Waals surface area contributed by atoms with Crippen LogP contribution >= 0.6 is 0 Å². The molecule has 3 nitrogen and oxygen atoms in total. The van der Waals surface area contributed by atoms with Gasteiger partial charge in [0.2, 0.25) is 0 Å². The monoisotopic (exact) mass is 329 g/mol. The Morgan fingerprint density at radius 1 is 1.00 bits per heavy atom. The third kappa shape index (κ3) is 3.82. The van der Waals surface area contributed by atoms with Crippen molar-refractivity contribution in [2.75, 3.05) is 5.73 Å². The van der Waals surface area contributed by atoms with Gasteiger partial charge < -0.3 is 5.73 Å². The van der Waals surface area contributed by atoms with E-state index in [4.69, 9.17) is 5.73 Å². The predicted molar refractivity (Wildman–Crippen MR) is 87.0 cm³/mol. The van der Waals surface area contributed by atoms with Crippen molar-refractivity contribution < 1.29 is 17.1 Å². The molecule has 0 fully saturated rings. The summed E-state index contributed by atoms with van der Waals surface area (Å²) < 4.78 is 0. The average Bonchev–Trinajstić information content (AvgIpc) is 3.21. The average molecular weight is 329 g/mol. The molecule has 0 atom stereocenters. The fraction of sp³-hybridized carbons (Fsp3) is 0. The molecule has 1 aromatic heterocycles. The molecule has 0 radical (unpaired) electrons. The Morgan fingerprint density at radius 3 is 2.41 bits per heavy atom. The van der Waals surface area contributed by atoms with E-state index in [9.17, 15) is 0 Å². The van der Waals surface area contributed by atoms with E-state index >= 15 is 0 Å². The molecule has 0 bridgehead atoms. The normalized spacial score (nSPS) is 9.64. The molecule has 0 saturated heterocycles. The van der Waals surface area contributed by atoms with Crippen LogP contribution in [0.5, 0.6) is 0 Å². The maximum Gasteiger partial charge on any atom is 2.00 e. The molecule has 3 aromatic carbocycles. The second kappa shape index (κ2) is 7.55. The molecule has 0 saturated carbocycles. The number of nitrogens with two attached hydrogens (primary N) is 1. The second-order valence-electron chi connectivity index (χ2n) is 4.65. The molecule has 0 spiro atoms.